The lowest BCUT2D eigenvalue weighted by molar-refractivity contribution is -0.384. The van der Waals surface area contributed by atoms with Gasteiger partial charge in [0.05, 0.1) is 34.7 Å². The maximum absolute atomic E-state index is 12.7. The summed E-state index contributed by atoms with van der Waals surface area (Å²) >= 11 is 0. The van der Waals surface area contributed by atoms with Gasteiger partial charge in [0, 0.05) is 24.0 Å². The van der Waals surface area contributed by atoms with Crippen molar-refractivity contribution >= 4 is 23.2 Å². The molecule has 0 radical (unpaired) electrons. The first-order chi connectivity index (χ1) is 10.9. The summed E-state index contributed by atoms with van der Waals surface area (Å²) in [5.74, 6) is -3.05. The van der Waals surface area contributed by atoms with Gasteiger partial charge in [0.1, 0.15) is 0 Å². The van der Waals surface area contributed by atoms with Crippen LogP contribution in [0.1, 0.15) is 6.42 Å². The number of nitro groups is 1. The van der Waals surface area contributed by atoms with E-state index in [2.05, 4.69) is 0 Å². The van der Waals surface area contributed by atoms with Crippen LogP contribution in [-0.2, 0) is 9.59 Å². The lowest BCUT2D eigenvalue weighted by atomic mass is 9.78. The number of amides is 2. The number of nitrogens with zero attached hydrogens (tertiary/aromatic N) is 2. The van der Waals surface area contributed by atoms with Crippen LogP contribution in [0, 0.1) is 33.8 Å². The number of aliphatic hydroxyl groups is 2. The first kappa shape index (κ1) is 14.3. The van der Waals surface area contributed by atoms with Gasteiger partial charge in [0.25, 0.3) is 5.69 Å². The van der Waals surface area contributed by atoms with E-state index in [9.17, 15) is 29.9 Å². The van der Waals surface area contributed by atoms with Crippen molar-refractivity contribution < 1.29 is 24.7 Å². The lowest BCUT2D eigenvalue weighted by Crippen LogP contribution is -2.43. The summed E-state index contributed by atoms with van der Waals surface area (Å²) in [4.78, 5) is 36.6. The van der Waals surface area contributed by atoms with E-state index >= 15 is 0 Å². The number of aliphatic hydroxyl groups excluding tert-OH is 2. The highest BCUT2D eigenvalue weighted by molar-refractivity contribution is 6.22. The van der Waals surface area contributed by atoms with Gasteiger partial charge in [0.2, 0.25) is 11.8 Å². The molecule has 1 aliphatic heterocycles. The molecule has 1 aromatic carbocycles. The van der Waals surface area contributed by atoms with Gasteiger partial charge in [-0.1, -0.05) is 6.07 Å². The molecule has 23 heavy (non-hydrogen) atoms. The summed E-state index contributed by atoms with van der Waals surface area (Å²) in [6.45, 7) is 0. The van der Waals surface area contributed by atoms with Gasteiger partial charge in [-0.3, -0.25) is 19.7 Å². The third kappa shape index (κ3) is 1.73. The van der Waals surface area contributed by atoms with E-state index in [1.165, 1.54) is 24.3 Å². The highest BCUT2D eigenvalue weighted by Gasteiger charge is 2.67. The summed E-state index contributed by atoms with van der Waals surface area (Å²) in [5, 5.41) is 30.9. The van der Waals surface area contributed by atoms with Crippen LogP contribution in [0.2, 0.25) is 0 Å². The minimum atomic E-state index is -0.997. The molecule has 0 spiro atoms. The third-order valence-electron chi connectivity index (χ3n) is 5.39. The Morgan fingerprint density at radius 3 is 2.17 bits per heavy atom. The number of hydrogen-bond donors (Lipinski definition) is 2. The molecule has 1 aromatic rings. The lowest BCUT2D eigenvalue weighted by Gasteiger charge is -2.29. The van der Waals surface area contributed by atoms with E-state index in [0.717, 1.165) is 4.90 Å². The fourth-order valence-corrected chi connectivity index (χ4v) is 4.43. The molecule has 0 aromatic heterocycles. The van der Waals surface area contributed by atoms with E-state index in [4.69, 9.17) is 0 Å². The second kappa shape index (κ2) is 4.59. The molecule has 2 bridgehead atoms. The molecule has 1 saturated heterocycles. The van der Waals surface area contributed by atoms with Crippen molar-refractivity contribution in [3.63, 3.8) is 0 Å². The van der Waals surface area contributed by atoms with Gasteiger partial charge in [-0.15, -0.1) is 0 Å². The van der Waals surface area contributed by atoms with Crippen LogP contribution < -0.4 is 4.90 Å². The molecule has 2 saturated carbocycles. The van der Waals surface area contributed by atoms with Crippen molar-refractivity contribution in [2.75, 3.05) is 4.90 Å². The summed E-state index contributed by atoms with van der Waals surface area (Å²) in [7, 11) is 0. The number of carbonyl (C=O) groups is 2. The quantitative estimate of drug-likeness (QED) is 0.452. The van der Waals surface area contributed by atoms with Crippen LogP contribution in [0.5, 0.6) is 0 Å². The number of imide groups is 1. The van der Waals surface area contributed by atoms with Crippen molar-refractivity contribution in [3.8, 4) is 0 Å². The number of carbonyl (C=O) groups excluding carboxylic acids is 2. The zero-order chi connectivity index (χ0) is 16.5. The zero-order valence-electron chi connectivity index (χ0n) is 11.9. The van der Waals surface area contributed by atoms with Crippen molar-refractivity contribution in [2.24, 2.45) is 23.7 Å². The summed E-state index contributed by atoms with van der Waals surface area (Å²) in [6, 6.07) is 5.36. The maximum Gasteiger partial charge on any atom is 0.271 e. The number of rotatable bonds is 2. The van der Waals surface area contributed by atoms with E-state index in [1.54, 1.807) is 0 Å². The molecule has 2 N–H and O–H groups in total. The highest BCUT2D eigenvalue weighted by atomic mass is 16.6. The van der Waals surface area contributed by atoms with E-state index in [-0.39, 0.29) is 11.4 Å². The van der Waals surface area contributed by atoms with Gasteiger partial charge in [0.15, 0.2) is 0 Å². The van der Waals surface area contributed by atoms with Crippen LogP contribution in [0.25, 0.3) is 0 Å². The molecular formula is C15H14N2O6. The van der Waals surface area contributed by atoms with Gasteiger partial charge >= 0.3 is 0 Å². The summed E-state index contributed by atoms with van der Waals surface area (Å²) < 4.78 is 0. The maximum atomic E-state index is 12.7. The molecular weight excluding hydrogens is 304 g/mol. The number of fused-ring (bicyclic) bond motifs is 5. The molecule has 8 nitrogen and oxygen atoms in total. The predicted molar refractivity (Wildman–Crippen MR) is 76.2 cm³/mol. The molecule has 2 aliphatic carbocycles. The fourth-order valence-electron chi connectivity index (χ4n) is 4.43. The molecule has 0 unspecified atom stereocenters. The SMILES string of the molecule is O=C1[C@@H]2[C@@H]3C[C@@H]([C@@H](O)[C@H]3O)[C@H]2C(=O)N1c1cccc([N+](=O)[O-])c1. The number of anilines is 1. The Bertz CT molecular complexity index is 702. The second-order valence-corrected chi connectivity index (χ2v) is 6.39. The van der Waals surface area contributed by atoms with Crippen LogP contribution in [0.3, 0.4) is 0 Å². The average molecular weight is 318 g/mol. The minimum absolute atomic E-state index is 0.159. The van der Waals surface area contributed by atoms with Crippen molar-refractivity contribution in [2.45, 2.75) is 18.6 Å². The van der Waals surface area contributed by atoms with Gasteiger partial charge in [-0.25, -0.2) is 4.90 Å². The number of nitro benzene ring substituents is 1. The molecule has 3 fully saturated rings. The first-order valence-corrected chi connectivity index (χ1v) is 7.40. The molecule has 1 heterocycles. The van der Waals surface area contributed by atoms with Crippen molar-refractivity contribution in [1.29, 1.82) is 0 Å². The minimum Gasteiger partial charge on any atom is -0.390 e. The fraction of sp³-hybridized carbons (Fsp3) is 0.467. The topological polar surface area (TPSA) is 121 Å². The zero-order valence-corrected chi connectivity index (χ0v) is 11.9. The number of hydrogen-bond acceptors (Lipinski definition) is 6. The van der Waals surface area contributed by atoms with E-state index < -0.39 is 52.6 Å². The standard InChI is InChI=1S/C15H14N2O6/c18-12-8-5-9(13(12)19)11-10(8)14(20)16(15(11)21)6-2-1-3-7(4-6)17(22)23/h1-4,8-13,18-19H,5H2/t8-,9+,10-,11-,12-,13+/m1/s1. The number of non-ortho nitro benzene ring substituents is 1. The van der Waals surface area contributed by atoms with Crippen molar-refractivity contribution in [1.82, 2.24) is 0 Å². The average Bonchev–Trinajstić information content (AvgIpc) is 3.12. The molecule has 4 rings (SSSR count). The Hall–Kier alpha value is -2.32. The molecule has 3 aliphatic rings. The molecule has 8 heteroatoms. The molecule has 6 atom stereocenters. The van der Waals surface area contributed by atoms with Gasteiger partial charge < -0.3 is 10.2 Å². The normalized spacial score (nSPS) is 38.3. The Balaban J connectivity index is 1.73. The van der Waals surface area contributed by atoms with Gasteiger partial charge in [-0.2, -0.15) is 0 Å². The summed E-state index contributed by atoms with van der Waals surface area (Å²) in [5.41, 5.74) is -0.0461. The van der Waals surface area contributed by atoms with Gasteiger partial charge in [-0.05, 0) is 12.5 Å². The third-order valence-corrected chi connectivity index (χ3v) is 5.39. The van der Waals surface area contributed by atoms with E-state index in [1.807, 2.05) is 0 Å². The first-order valence-electron chi connectivity index (χ1n) is 7.40. The monoisotopic (exact) mass is 318 g/mol. The Labute approximate surface area is 130 Å². The van der Waals surface area contributed by atoms with Crippen LogP contribution in [0.15, 0.2) is 24.3 Å². The Morgan fingerprint density at radius 2 is 1.65 bits per heavy atom. The summed E-state index contributed by atoms with van der Waals surface area (Å²) in [6.07, 6.45) is -1.54. The second-order valence-electron chi connectivity index (χ2n) is 6.39. The highest BCUT2D eigenvalue weighted by Crippen LogP contribution is 2.56. The van der Waals surface area contributed by atoms with E-state index in [0.29, 0.717) is 6.42 Å². The van der Waals surface area contributed by atoms with Crippen LogP contribution in [-0.4, -0.2) is 39.2 Å². The molecule has 2 amide bonds. The van der Waals surface area contributed by atoms with Crippen LogP contribution in [0.4, 0.5) is 11.4 Å². The van der Waals surface area contributed by atoms with Crippen LogP contribution >= 0.6 is 0 Å². The van der Waals surface area contributed by atoms with Crippen molar-refractivity contribution in [3.05, 3.63) is 34.4 Å². The predicted octanol–water partition coefficient (Wildman–Crippen LogP) is 0.0719. The number of benzene rings is 1. The Morgan fingerprint density at radius 1 is 1.09 bits per heavy atom. The largest absolute Gasteiger partial charge is 0.390 e. The smallest absolute Gasteiger partial charge is 0.271 e. The Kier molecular flexibility index (Phi) is 2.85. The molecule has 120 valence electrons.